The highest BCUT2D eigenvalue weighted by atomic mass is 32.1. The van der Waals surface area contributed by atoms with Crippen molar-refractivity contribution in [1.82, 2.24) is 19.2 Å². The van der Waals surface area contributed by atoms with Gasteiger partial charge in [-0.15, -0.1) is 11.3 Å². The number of benzene rings is 2. The summed E-state index contributed by atoms with van der Waals surface area (Å²) in [5.41, 5.74) is 5.23. The fourth-order valence-electron chi connectivity index (χ4n) is 3.91. The number of hydrogen-bond donors (Lipinski definition) is 0. The van der Waals surface area contributed by atoms with Crippen molar-refractivity contribution in [3.63, 3.8) is 0 Å². The molecule has 5 rings (SSSR count). The van der Waals surface area contributed by atoms with Crippen LogP contribution < -0.4 is 0 Å². The van der Waals surface area contributed by atoms with Crippen molar-refractivity contribution in [3.05, 3.63) is 83.0 Å². The summed E-state index contributed by atoms with van der Waals surface area (Å²) in [6.45, 7) is 6.31. The first-order valence-electron chi connectivity index (χ1n) is 10.3. The van der Waals surface area contributed by atoms with Crippen LogP contribution in [-0.4, -0.2) is 51.3 Å². The van der Waals surface area contributed by atoms with Gasteiger partial charge in [0.2, 0.25) is 0 Å². The second kappa shape index (κ2) is 8.05. The molecule has 1 fully saturated rings. The van der Waals surface area contributed by atoms with Crippen LogP contribution in [0.2, 0.25) is 0 Å². The minimum absolute atomic E-state index is 0.0912. The number of fused-ring (bicyclic) bond motifs is 1. The van der Waals surface area contributed by atoms with Gasteiger partial charge >= 0.3 is 0 Å². The first kappa shape index (κ1) is 19.0. The van der Waals surface area contributed by atoms with Crippen LogP contribution in [-0.2, 0) is 6.54 Å². The molecule has 0 bridgehead atoms. The highest BCUT2D eigenvalue weighted by molar-refractivity contribution is 7.15. The minimum Gasteiger partial charge on any atom is -0.335 e. The first-order valence-corrected chi connectivity index (χ1v) is 11.1. The number of imidazole rings is 1. The van der Waals surface area contributed by atoms with Gasteiger partial charge in [0.25, 0.3) is 5.91 Å². The Hall–Kier alpha value is -2.96. The summed E-state index contributed by atoms with van der Waals surface area (Å²) in [6.07, 6.45) is 1.98. The lowest BCUT2D eigenvalue weighted by atomic mass is 10.1. The average Bonchev–Trinajstić information content (AvgIpc) is 3.36. The molecule has 1 aliphatic rings. The van der Waals surface area contributed by atoms with Gasteiger partial charge in [0.05, 0.1) is 5.69 Å². The Labute approximate surface area is 180 Å². The molecular formula is C24H24N4OS. The Balaban J connectivity index is 1.29. The molecule has 1 saturated heterocycles. The van der Waals surface area contributed by atoms with Gasteiger partial charge < -0.3 is 4.90 Å². The molecule has 0 saturated carbocycles. The third-order valence-corrected chi connectivity index (χ3v) is 6.52. The summed E-state index contributed by atoms with van der Waals surface area (Å²) in [5, 5.41) is 1.93. The number of nitrogens with zero attached hydrogens (tertiary/aromatic N) is 4. The largest absolute Gasteiger partial charge is 0.335 e. The van der Waals surface area contributed by atoms with Crippen LogP contribution >= 0.6 is 11.3 Å². The van der Waals surface area contributed by atoms with Crippen molar-refractivity contribution in [3.8, 4) is 11.3 Å². The van der Waals surface area contributed by atoms with E-state index in [1.165, 1.54) is 22.5 Å². The Morgan fingerprint density at radius 3 is 2.47 bits per heavy atom. The van der Waals surface area contributed by atoms with E-state index in [1.807, 2.05) is 26.9 Å². The Morgan fingerprint density at radius 1 is 1.00 bits per heavy atom. The van der Waals surface area contributed by atoms with E-state index < -0.39 is 0 Å². The maximum absolute atomic E-state index is 13.2. The summed E-state index contributed by atoms with van der Waals surface area (Å²) in [5.74, 6) is 0.0912. The highest BCUT2D eigenvalue weighted by Gasteiger charge is 2.25. The number of thiazole rings is 1. The van der Waals surface area contributed by atoms with Crippen LogP contribution in [0.1, 0.15) is 21.6 Å². The number of rotatable bonds is 4. The number of amides is 1. The Kier molecular flexibility index (Phi) is 5.11. The quantitative estimate of drug-likeness (QED) is 0.497. The topological polar surface area (TPSA) is 40.9 Å². The van der Waals surface area contributed by atoms with E-state index in [4.69, 9.17) is 4.98 Å². The predicted octanol–water partition coefficient (Wildman–Crippen LogP) is 4.33. The fraction of sp³-hybridized carbons (Fsp3) is 0.250. The van der Waals surface area contributed by atoms with Gasteiger partial charge in [0.15, 0.2) is 4.96 Å². The smallest absolute Gasteiger partial charge is 0.271 e. The van der Waals surface area contributed by atoms with Crippen LogP contribution in [0.3, 0.4) is 0 Å². The predicted molar refractivity (Wildman–Crippen MR) is 121 cm³/mol. The number of carbonyl (C=O) groups is 1. The SMILES string of the molecule is Cc1ccc(-c2cn3c(C(=O)N4CCN(Cc5ccccc5)CC4)csc3n2)cc1. The first-order chi connectivity index (χ1) is 14.7. The molecule has 5 nitrogen and oxygen atoms in total. The highest BCUT2D eigenvalue weighted by Crippen LogP contribution is 2.25. The van der Waals surface area contributed by atoms with E-state index in [-0.39, 0.29) is 5.91 Å². The molecule has 30 heavy (non-hydrogen) atoms. The number of carbonyl (C=O) groups excluding carboxylic acids is 1. The lowest BCUT2D eigenvalue weighted by Gasteiger charge is -2.34. The molecular weight excluding hydrogens is 392 g/mol. The number of aryl methyl sites for hydroxylation is 1. The fourth-order valence-corrected chi connectivity index (χ4v) is 4.76. The zero-order chi connectivity index (χ0) is 20.5. The van der Waals surface area contributed by atoms with Crippen molar-refractivity contribution in [1.29, 1.82) is 0 Å². The molecule has 152 valence electrons. The molecule has 0 aliphatic carbocycles. The van der Waals surface area contributed by atoms with E-state index in [0.29, 0.717) is 5.69 Å². The van der Waals surface area contributed by atoms with Gasteiger partial charge in [-0.05, 0) is 12.5 Å². The zero-order valence-corrected chi connectivity index (χ0v) is 17.8. The van der Waals surface area contributed by atoms with Crippen LogP contribution in [0.4, 0.5) is 0 Å². The summed E-state index contributed by atoms with van der Waals surface area (Å²) in [4.78, 5) is 23.2. The Bertz CT molecular complexity index is 1160. The summed E-state index contributed by atoms with van der Waals surface area (Å²) in [7, 11) is 0. The summed E-state index contributed by atoms with van der Waals surface area (Å²) in [6, 6.07) is 18.8. The van der Waals surface area contributed by atoms with Gasteiger partial charge in [-0.2, -0.15) is 0 Å². The van der Waals surface area contributed by atoms with Crippen molar-refractivity contribution in [2.24, 2.45) is 0 Å². The van der Waals surface area contributed by atoms with E-state index in [9.17, 15) is 4.79 Å². The molecule has 0 radical (unpaired) electrons. The van der Waals surface area contributed by atoms with Gasteiger partial charge in [-0.1, -0.05) is 60.2 Å². The molecule has 0 spiro atoms. The van der Waals surface area contributed by atoms with Crippen molar-refractivity contribution >= 4 is 22.2 Å². The van der Waals surface area contributed by atoms with Gasteiger partial charge in [0, 0.05) is 49.9 Å². The number of aromatic nitrogens is 2. The minimum atomic E-state index is 0.0912. The number of piperazine rings is 1. The normalized spacial score (nSPS) is 15.0. The molecule has 1 aliphatic heterocycles. The van der Waals surface area contributed by atoms with Crippen molar-refractivity contribution in [2.45, 2.75) is 13.5 Å². The summed E-state index contributed by atoms with van der Waals surface area (Å²) < 4.78 is 1.94. The van der Waals surface area contributed by atoms with Crippen molar-refractivity contribution in [2.75, 3.05) is 26.2 Å². The Morgan fingerprint density at radius 2 is 1.73 bits per heavy atom. The molecule has 0 unspecified atom stereocenters. The zero-order valence-electron chi connectivity index (χ0n) is 17.0. The van der Waals surface area contributed by atoms with Gasteiger partial charge in [0.1, 0.15) is 5.69 Å². The molecule has 2 aromatic carbocycles. The number of hydrogen-bond acceptors (Lipinski definition) is 4. The van der Waals surface area contributed by atoms with E-state index in [0.717, 1.165) is 48.9 Å². The second-order valence-electron chi connectivity index (χ2n) is 7.82. The van der Waals surface area contributed by atoms with E-state index in [1.54, 1.807) is 0 Å². The standard InChI is InChI=1S/C24H24N4OS/c1-18-7-9-20(10-8-18)21-16-28-22(17-30-24(28)25-21)23(29)27-13-11-26(12-14-27)15-19-5-3-2-4-6-19/h2-10,16-17H,11-15H2,1H3. The van der Waals surface area contributed by atoms with Gasteiger partial charge in [-0.25, -0.2) is 4.98 Å². The lowest BCUT2D eigenvalue weighted by molar-refractivity contribution is 0.0622. The lowest BCUT2D eigenvalue weighted by Crippen LogP contribution is -2.48. The molecule has 3 heterocycles. The van der Waals surface area contributed by atoms with E-state index >= 15 is 0 Å². The van der Waals surface area contributed by atoms with E-state index in [2.05, 4.69) is 60.4 Å². The molecule has 0 atom stereocenters. The molecule has 4 aromatic rings. The maximum Gasteiger partial charge on any atom is 0.271 e. The molecule has 2 aromatic heterocycles. The van der Waals surface area contributed by atoms with Crippen LogP contribution in [0.25, 0.3) is 16.2 Å². The third kappa shape index (κ3) is 3.76. The van der Waals surface area contributed by atoms with Crippen molar-refractivity contribution < 1.29 is 4.79 Å². The maximum atomic E-state index is 13.2. The van der Waals surface area contributed by atoms with Crippen LogP contribution in [0.15, 0.2) is 66.2 Å². The third-order valence-electron chi connectivity index (χ3n) is 5.68. The second-order valence-corrected chi connectivity index (χ2v) is 8.66. The molecule has 1 amide bonds. The van der Waals surface area contributed by atoms with Crippen LogP contribution in [0, 0.1) is 6.92 Å². The molecule has 6 heteroatoms. The van der Waals surface area contributed by atoms with Crippen LogP contribution in [0.5, 0.6) is 0 Å². The van der Waals surface area contributed by atoms with Gasteiger partial charge in [-0.3, -0.25) is 14.1 Å². The average molecular weight is 417 g/mol. The monoisotopic (exact) mass is 416 g/mol. The molecule has 0 N–H and O–H groups in total. The summed E-state index contributed by atoms with van der Waals surface area (Å²) >= 11 is 1.52.